The summed E-state index contributed by atoms with van der Waals surface area (Å²) in [6, 6.07) is 0. The van der Waals surface area contributed by atoms with Gasteiger partial charge in [-0.25, -0.2) is 0 Å². The molecule has 0 radical (unpaired) electrons. The first-order chi connectivity index (χ1) is 10.2. The van der Waals surface area contributed by atoms with E-state index in [1.54, 1.807) is 20.3 Å². The summed E-state index contributed by atoms with van der Waals surface area (Å²) >= 11 is 0. The Morgan fingerprint density at radius 3 is 2.67 bits per heavy atom. The van der Waals surface area contributed by atoms with Gasteiger partial charge in [-0.05, 0) is 30.9 Å². The van der Waals surface area contributed by atoms with Crippen molar-refractivity contribution >= 4 is 0 Å². The van der Waals surface area contributed by atoms with Crippen molar-refractivity contribution < 1.29 is 19.3 Å². The summed E-state index contributed by atoms with van der Waals surface area (Å²) in [4.78, 5) is 0. The first-order valence-corrected chi connectivity index (χ1v) is 7.56. The maximum Gasteiger partial charge on any atom is 0.121 e. The van der Waals surface area contributed by atoms with Crippen LogP contribution in [0.5, 0.6) is 0 Å². The second-order valence-electron chi connectivity index (χ2n) is 5.24. The summed E-state index contributed by atoms with van der Waals surface area (Å²) in [7, 11) is 3.27. The number of aliphatic hydroxyl groups excluding tert-OH is 1. The highest BCUT2D eigenvalue weighted by molar-refractivity contribution is 5.25. The van der Waals surface area contributed by atoms with E-state index in [0.29, 0.717) is 13.2 Å². The summed E-state index contributed by atoms with van der Waals surface area (Å²) < 4.78 is 16.2. The lowest BCUT2D eigenvalue weighted by Crippen LogP contribution is -2.32. The highest BCUT2D eigenvalue weighted by atomic mass is 16.5. The van der Waals surface area contributed by atoms with E-state index in [-0.39, 0.29) is 12.2 Å². The van der Waals surface area contributed by atoms with Gasteiger partial charge in [0.25, 0.3) is 0 Å². The van der Waals surface area contributed by atoms with Crippen LogP contribution >= 0.6 is 0 Å². The van der Waals surface area contributed by atoms with E-state index < -0.39 is 0 Å². The van der Waals surface area contributed by atoms with E-state index in [0.717, 1.165) is 43.4 Å². The van der Waals surface area contributed by atoms with Crippen LogP contribution in [0, 0.1) is 0 Å². The molecule has 2 atom stereocenters. The Labute approximate surface area is 128 Å². The third kappa shape index (κ3) is 6.93. The van der Waals surface area contributed by atoms with Crippen LogP contribution in [0.1, 0.15) is 32.1 Å². The molecule has 0 unspecified atom stereocenters. The van der Waals surface area contributed by atoms with Gasteiger partial charge in [-0.3, -0.25) is 0 Å². The number of aliphatic hydroxyl groups is 1. The van der Waals surface area contributed by atoms with Crippen LogP contribution in [0.4, 0.5) is 0 Å². The maximum absolute atomic E-state index is 9.89. The lowest BCUT2D eigenvalue weighted by molar-refractivity contribution is -0.0574. The zero-order chi connectivity index (χ0) is 15.5. The first-order valence-electron chi connectivity index (χ1n) is 7.56. The summed E-state index contributed by atoms with van der Waals surface area (Å²) in [6.45, 7) is 4.75. The van der Waals surface area contributed by atoms with Crippen molar-refractivity contribution in [2.24, 2.45) is 0 Å². The highest BCUT2D eigenvalue weighted by Gasteiger charge is 2.23. The van der Waals surface area contributed by atoms with Crippen molar-refractivity contribution in [3.63, 3.8) is 0 Å². The van der Waals surface area contributed by atoms with Gasteiger partial charge >= 0.3 is 0 Å². The van der Waals surface area contributed by atoms with E-state index in [4.69, 9.17) is 14.2 Å². The third-order valence-electron chi connectivity index (χ3n) is 3.62. The van der Waals surface area contributed by atoms with Crippen molar-refractivity contribution in [2.45, 2.75) is 44.3 Å². The van der Waals surface area contributed by atoms with Crippen LogP contribution in [0.2, 0.25) is 0 Å². The second kappa shape index (κ2) is 10.6. The molecule has 120 valence electrons. The number of rotatable bonds is 9. The summed E-state index contributed by atoms with van der Waals surface area (Å²) in [5.74, 6) is 0.767. The Morgan fingerprint density at radius 1 is 1.29 bits per heavy atom. The molecule has 0 bridgehead atoms. The van der Waals surface area contributed by atoms with Crippen molar-refractivity contribution in [3.05, 3.63) is 36.1 Å². The summed E-state index contributed by atoms with van der Waals surface area (Å²) in [5.41, 5.74) is 1.07. The molecule has 0 heterocycles. The molecule has 0 amide bonds. The van der Waals surface area contributed by atoms with Gasteiger partial charge in [-0.1, -0.05) is 31.6 Å². The first kappa shape index (κ1) is 18.0. The van der Waals surface area contributed by atoms with E-state index in [2.05, 4.69) is 6.58 Å². The summed E-state index contributed by atoms with van der Waals surface area (Å²) in [5, 5.41) is 9.89. The molecule has 1 N–H and O–H groups in total. The van der Waals surface area contributed by atoms with E-state index in [1.165, 1.54) is 0 Å². The fourth-order valence-electron chi connectivity index (χ4n) is 2.46. The lowest BCUT2D eigenvalue weighted by atomic mass is 9.95. The molecule has 0 aliphatic heterocycles. The number of hydrogen-bond donors (Lipinski definition) is 1. The van der Waals surface area contributed by atoms with Gasteiger partial charge in [-0.2, -0.15) is 0 Å². The molecule has 21 heavy (non-hydrogen) atoms. The molecule has 1 fully saturated rings. The Morgan fingerprint density at radius 2 is 2.05 bits per heavy atom. The molecular weight excluding hydrogens is 268 g/mol. The molecule has 0 aromatic heterocycles. The number of methoxy groups -OCH3 is 2. The molecule has 4 nitrogen and oxygen atoms in total. The predicted octanol–water partition coefficient (Wildman–Crippen LogP) is 2.99. The average Bonchev–Trinajstić information content (AvgIpc) is 2.48. The molecule has 1 aliphatic carbocycles. The van der Waals surface area contributed by atoms with Crippen LogP contribution < -0.4 is 0 Å². The monoisotopic (exact) mass is 296 g/mol. The topological polar surface area (TPSA) is 47.9 Å². The fraction of sp³-hybridized carbons (Fsp3) is 0.647. The fourth-order valence-corrected chi connectivity index (χ4v) is 2.46. The normalized spacial score (nSPS) is 24.0. The van der Waals surface area contributed by atoms with Crippen LogP contribution in [-0.2, 0) is 14.2 Å². The van der Waals surface area contributed by atoms with Gasteiger partial charge in [0.05, 0.1) is 25.9 Å². The number of allylic oxidation sites excluding steroid dienone is 3. The van der Waals surface area contributed by atoms with Crippen LogP contribution in [0.25, 0.3) is 0 Å². The Bertz CT molecular complexity index is 360. The minimum absolute atomic E-state index is 0.0198. The minimum Gasteiger partial charge on any atom is -0.499 e. The van der Waals surface area contributed by atoms with Crippen molar-refractivity contribution in [1.82, 2.24) is 0 Å². The van der Waals surface area contributed by atoms with Gasteiger partial charge in [0, 0.05) is 7.11 Å². The van der Waals surface area contributed by atoms with Gasteiger partial charge < -0.3 is 19.3 Å². The zero-order valence-electron chi connectivity index (χ0n) is 13.2. The van der Waals surface area contributed by atoms with Crippen LogP contribution in [0.15, 0.2) is 36.1 Å². The maximum atomic E-state index is 9.89. The van der Waals surface area contributed by atoms with E-state index in [9.17, 15) is 5.11 Å². The quantitative estimate of drug-likeness (QED) is 0.525. The SMILES string of the molecule is C=C/C=C(\C=C(/COC)OC)CCO[C@@H]1CCCC[C@@H]1O. The van der Waals surface area contributed by atoms with Crippen molar-refractivity contribution in [1.29, 1.82) is 0 Å². The van der Waals surface area contributed by atoms with Crippen LogP contribution in [-0.4, -0.2) is 44.7 Å². The molecule has 1 saturated carbocycles. The molecular formula is C17H28O4. The zero-order valence-corrected chi connectivity index (χ0v) is 13.2. The molecule has 0 aromatic rings. The van der Waals surface area contributed by atoms with E-state index >= 15 is 0 Å². The Kier molecular flexibility index (Phi) is 9.06. The van der Waals surface area contributed by atoms with Gasteiger partial charge in [0.15, 0.2) is 0 Å². The van der Waals surface area contributed by atoms with E-state index in [1.807, 2.05) is 12.2 Å². The van der Waals surface area contributed by atoms with Gasteiger partial charge in [0.2, 0.25) is 0 Å². The lowest BCUT2D eigenvalue weighted by Gasteiger charge is -2.27. The van der Waals surface area contributed by atoms with Gasteiger partial charge in [0.1, 0.15) is 12.4 Å². The molecule has 1 rings (SSSR count). The average molecular weight is 296 g/mol. The van der Waals surface area contributed by atoms with Crippen LogP contribution in [0.3, 0.4) is 0 Å². The summed E-state index contributed by atoms with van der Waals surface area (Å²) in [6.07, 6.45) is 10.1. The molecule has 0 spiro atoms. The predicted molar refractivity (Wildman–Crippen MR) is 84.1 cm³/mol. The largest absolute Gasteiger partial charge is 0.499 e. The highest BCUT2D eigenvalue weighted by Crippen LogP contribution is 2.21. The molecule has 4 heteroatoms. The molecule has 0 saturated heterocycles. The standard InChI is InChI=1S/C17H28O4/c1-4-7-14(12-15(20-3)13-19-2)10-11-21-17-9-6-5-8-16(17)18/h4,7,12,16-18H,1,5-6,8-11,13H2,2-3H3/b14-7-,15-12+/t16-,17+/m0/s1. The van der Waals surface area contributed by atoms with Crippen molar-refractivity contribution in [2.75, 3.05) is 27.4 Å². The number of ether oxygens (including phenoxy) is 3. The molecule has 1 aliphatic rings. The third-order valence-corrected chi connectivity index (χ3v) is 3.62. The smallest absolute Gasteiger partial charge is 0.121 e. The molecule has 0 aromatic carbocycles. The minimum atomic E-state index is -0.316. The van der Waals surface area contributed by atoms with Crippen molar-refractivity contribution in [3.8, 4) is 0 Å². The number of hydrogen-bond acceptors (Lipinski definition) is 4. The Hall–Kier alpha value is -1.10. The Balaban J connectivity index is 2.47. The van der Waals surface area contributed by atoms with Gasteiger partial charge in [-0.15, -0.1) is 0 Å². The second-order valence-corrected chi connectivity index (χ2v) is 5.24.